The number of hydrogen-bond donors (Lipinski definition) is 2. The minimum Gasteiger partial charge on any atom is -0.356 e. The van der Waals surface area contributed by atoms with Crippen LogP contribution in [0.5, 0.6) is 0 Å². The Morgan fingerprint density at radius 1 is 1.22 bits per heavy atom. The van der Waals surface area contributed by atoms with Gasteiger partial charge in [-0.25, -0.2) is 0 Å². The van der Waals surface area contributed by atoms with Gasteiger partial charge in [0.1, 0.15) is 0 Å². The zero-order valence-corrected chi connectivity index (χ0v) is 11.6. The molecule has 3 nitrogen and oxygen atoms in total. The van der Waals surface area contributed by atoms with Crippen LogP contribution in [0.2, 0.25) is 0 Å². The van der Waals surface area contributed by atoms with Gasteiger partial charge >= 0.3 is 0 Å². The summed E-state index contributed by atoms with van der Waals surface area (Å²) in [6.45, 7) is 7.43. The van der Waals surface area contributed by atoms with Crippen molar-refractivity contribution in [3.05, 3.63) is 35.4 Å². The fourth-order valence-corrected chi connectivity index (χ4v) is 1.98. The predicted molar refractivity (Wildman–Crippen MR) is 75.6 cm³/mol. The molecule has 1 rings (SSSR count). The Bertz CT molecular complexity index is 371. The number of nitrogens with two attached hydrogens (primary N) is 1. The first-order valence-electron chi connectivity index (χ1n) is 6.65. The third-order valence-electron chi connectivity index (χ3n) is 3.16. The van der Waals surface area contributed by atoms with E-state index in [1.165, 1.54) is 5.56 Å². The SMILES string of the molecule is CCNC(=O)CC(CN)c1ccc(C(C)C)cc1. The number of nitrogens with one attached hydrogen (secondary N) is 1. The van der Waals surface area contributed by atoms with Gasteiger partial charge in [0.15, 0.2) is 0 Å². The van der Waals surface area contributed by atoms with Gasteiger partial charge in [-0.1, -0.05) is 38.1 Å². The summed E-state index contributed by atoms with van der Waals surface area (Å²) in [5, 5.41) is 2.82. The molecule has 18 heavy (non-hydrogen) atoms. The molecule has 100 valence electrons. The third-order valence-corrected chi connectivity index (χ3v) is 3.16. The van der Waals surface area contributed by atoms with Gasteiger partial charge in [0.2, 0.25) is 5.91 Å². The van der Waals surface area contributed by atoms with Gasteiger partial charge in [-0.3, -0.25) is 4.79 Å². The number of carbonyl (C=O) groups excluding carboxylic acids is 1. The van der Waals surface area contributed by atoms with E-state index in [1.807, 2.05) is 6.92 Å². The second-order valence-corrected chi connectivity index (χ2v) is 4.91. The first-order valence-corrected chi connectivity index (χ1v) is 6.65. The van der Waals surface area contributed by atoms with Crippen molar-refractivity contribution in [3.8, 4) is 0 Å². The van der Waals surface area contributed by atoms with Crippen molar-refractivity contribution >= 4 is 5.91 Å². The van der Waals surface area contributed by atoms with E-state index in [0.717, 1.165) is 5.56 Å². The molecule has 0 aliphatic heterocycles. The summed E-state index contributed by atoms with van der Waals surface area (Å²) in [5.74, 6) is 0.706. The van der Waals surface area contributed by atoms with Crippen LogP contribution in [0.25, 0.3) is 0 Å². The van der Waals surface area contributed by atoms with Crippen molar-refractivity contribution in [3.63, 3.8) is 0 Å². The van der Waals surface area contributed by atoms with Gasteiger partial charge in [-0.2, -0.15) is 0 Å². The highest BCUT2D eigenvalue weighted by Gasteiger charge is 2.14. The topological polar surface area (TPSA) is 55.1 Å². The number of hydrogen-bond acceptors (Lipinski definition) is 2. The molecule has 0 aliphatic rings. The second kappa shape index (κ2) is 7.17. The van der Waals surface area contributed by atoms with Crippen LogP contribution in [-0.4, -0.2) is 19.0 Å². The molecule has 0 heterocycles. The second-order valence-electron chi connectivity index (χ2n) is 4.91. The normalized spacial score (nSPS) is 12.5. The maximum absolute atomic E-state index is 11.6. The molecule has 3 N–H and O–H groups in total. The highest BCUT2D eigenvalue weighted by Crippen LogP contribution is 2.21. The molecule has 1 aromatic carbocycles. The minimum atomic E-state index is 0.0703. The predicted octanol–water partition coefficient (Wildman–Crippen LogP) is 2.38. The number of rotatable bonds is 6. The van der Waals surface area contributed by atoms with Crippen LogP contribution >= 0.6 is 0 Å². The third kappa shape index (κ3) is 4.15. The Morgan fingerprint density at radius 2 is 1.78 bits per heavy atom. The molecular formula is C15H24N2O. The Labute approximate surface area is 110 Å². The van der Waals surface area contributed by atoms with E-state index >= 15 is 0 Å². The number of carbonyl (C=O) groups is 1. The lowest BCUT2D eigenvalue weighted by molar-refractivity contribution is -0.121. The summed E-state index contributed by atoms with van der Waals surface area (Å²) < 4.78 is 0. The molecule has 1 atom stereocenters. The van der Waals surface area contributed by atoms with Gasteiger partial charge in [0.25, 0.3) is 0 Å². The fraction of sp³-hybridized carbons (Fsp3) is 0.533. The molecule has 0 fully saturated rings. The fourth-order valence-electron chi connectivity index (χ4n) is 1.98. The van der Waals surface area contributed by atoms with Crippen molar-refractivity contribution < 1.29 is 4.79 Å². The van der Waals surface area contributed by atoms with E-state index in [1.54, 1.807) is 0 Å². The summed E-state index contributed by atoms with van der Waals surface area (Å²) in [6, 6.07) is 8.43. The van der Waals surface area contributed by atoms with Crippen LogP contribution in [0.3, 0.4) is 0 Å². The number of amides is 1. The van der Waals surface area contributed by atoms with E-state index in [-0.39, 0.29) is 11.8 Å². The van der Waals surface area contributed by atoms with Crippen LogP contribution in [0.1, 0.15) is 50.2 Å². The molecule has 1 aromatic rings. The first-order chi connectivity index (χ1) is 8.58. The van der Waals surface area contributed by atoms with E-state index in [9.17, 15) is 4.79 Å². The van der Waals surface area contributed by atoms with E-state index in [2.05, 4.69) is 43.4 Å². The minimum absolute atomic E-state index is 0.0703. The van der Waals surface area contributed by atoms with Crippen LogP contribution in [0, 0.1) is 0 Å². The average molecular weight is 248 g/mol. The lowest BCUT2D eigenvalue weighted by Crippen LogP contribution is -2.27. The monoisotopic (exact) mass is 248 g/mol. The van der Waals surface area contributed by atoms with Crippen LogP contribution in [0.15, 0.2) is 24.3 Å². The Kier molecular flexibility index (Phi) is 5.86. The van der Waals surface area contributed by atoms with Gasteiger partial charge in [-0.05, 0) is 30.5 Å². The Morgan fingerprint density at radius 3 is 2.22 bits per heavy atom. The smallest absolute Gasteiger partial charge is 0.220 e. The molecule has 1 amide bonds. The average Bonchev–Trinajstić information content (AvgIpc) is 2.36. The van der Waals surface area contributed by atoms with Gasteiger partial charge < -0.3 is 11.1 Å². The molecule has 1 unspecified atom stereocenters. The zero-order valence-electron chi connectivity index (χ0n) is 11.6. The highest BCUT2D eigenvalue weighted by atomic mass is 16.1. The maximum Gasteiger partial charge on any atom is 0.220 e. The van der Waals surface area contributed by atoms with Crippen molar-refractivity contribution in [1.82, 2.24) is 5.32 Å². The van der Waals surface area contributed by atoms with E-state index in [4.69, 9.17) is 5.73 Å². The van der Waals surface area contributed by atoms with Crippen molar-refractivity contribution in [2.75, 3.05) is 13.1 Å². The van der Waals surface area contributed by atoms with Crippen LogP contribution in [-0.2, 0) is 4.79 Å². The Balaban J connectivity index is 2.73. The standard InChI is InChI=1S/C15H24N2O/c1-4-17-15(18)9-14(10-16)13-7-5-12(6-8-13)11(2)3/h5-8,11,14H,4,9-10,16H2,1-3H3,(H,17,18). The lowest BCUT2D eigenvalue weighted by atomic mass is 9.93. The molecular weight excluding hydrogens is 224 g/mol. The number of benzene rings is 1. The zero-order chi connectivity index (χ0) is 13.5. The molecule has 0 spiro atoms. The first kappa shape index (κ1) is 14.7. The molecule has 0 bridgehead atoms. The summed E-state index contributed by atoms with van der Waals surface area (Å²) >= 11 is 0. The quantitative estimate of drug-likeness (QED) is 0.812. The van der Waals surface area contributed by atoms with E-state index < -0.39 is 0 Å². The molecule has 0 aromatic heterocycles. The van der Waals surface area contributed by atoms with Gasteiger partial charge in [0, 0.05) is 18.9 Å². The largest absolute Gasteiger partial charge is 0.356 e. The summed E-state index contributed by atoms with van der Waals surface area (Å²) in [6.07, 6.45) is 0.464. The van der Waals surface area contributed by atoms with E-state index in [0.29, 0.717) is 25.4 Å². The Hall–Kier alpha value is -1.35. The summed E-state index contributed by atoms with van der Waals surface area (Å²) in [7, 11) is 0. The molecule has 0 aliphatic carbocycles. The van der Waals surface area contributed by atoms with Gasteiger partial charge in [0.05, 0.1) is 0 Å². The highest BCUT2D eigenvalue weighted by molar-refractivity contribution is 5.76. The van der Waals surface area contributed by atoms with Gasteiger partial charge in [-0.15, -0.1) is 0 Å². The van der Waals surface area contributed by atoms with Crippen molar-refractivity contribution in [2.45, 2.75) is 39.0 Å². The molecule has 3 heteroatoms. The molecule has 0 radical (unpaired) electrons. The summed E-state index contributed by atoms with van der Waals surface area (Å²) in [4.78, 5) is 11.6. The van der Waals surface area contributed by atoms with Crippen molar-refractivity contribution in [2.24, 2.45) is 5.73 Å². The molecule has 0 saturated carbocycles. The molecule has 0 saturated heterocycles. The van der Waals surface area contributed by atoms with Crippen LogP contribution in [0.4, 0.5) is 0 Å². The maximum atomic E-state index is 11.6. The van der Waals surface area contributed by atoms with Crippen molar-refractivity contribution in [1.29, 1.82) is 0 Å². The lowest BCUT2D eigenvalue weighted by Gasteiger charge is -2.16. The summed E-state index contributed by atoms with van der Waals surface area (Å²) in [5.41, 5.74) is 8.23. The van der Waals surface area contributed by atoms with Crippen LogP contribution < -0.4 is 11.1 Å².